The Labute approximate surface area is 284 Å². The van der Waals surface area contributed by atoms with Crippen molar-refractivity contribution in [1.29, 1.82) is 0 Å². The van der Waals surface area contributed by atoms with Crippen molar-refractivity contribution in [2.45, 2.75) is 137 Å². The monoisotopic (exact) mass is 675 g/mol. The van der Waals surface area contributed by atoms with Crippen LogP contribution in [0.1, 0.15) is 107 Å². The lowest BCUT2D eigenvalue weighted by Gasteiger charge is -2.38. The zero-order chi connectivity index (χ0) is 36.1. The summed E-state index contributed by atoms with van der Waals surface area (Å²) in [6.45, 7) is 14.7. The molecule has 4 N–H and O–H groups in total. The molecule has 13 heteroatoms. The molecule has 3 rings (SSSR count). The van der Waals surface area contributed by atoms with Crippen LogP contribution in [-0.4, -0.2) is 90.1 Å². The van der Waals surface area contributed by atoms with E-state index < -0.39 is 76.4 Å². The lowest BCUT2D eigenvalue weighted by Crippen LogP contribution is -2.60. The summed E-state index contributed by atoms with van der Waals surface area (Å²) in [6, 6.07) is -3.76. The van der Waals surface area contributed by atoms with E-state index in [2.05, 4.69) is 26.0 Å². The zero-order valence-electron chi connectivity index (χ0n) is 30.2. The van der Waals surface area contributed by atoms with E-state index in [-0.39, 0.29) is 30.1 Å². The molecule has 0 spiro atoms. The van der Waals surface area contributed by atoms with Gasteiger partial charge in [0, 0.05) is 24.9 Å². The minimum atomic E-state index is -1.03. The molecule has 48 heavy (non-hydrogen) atoms. The van der Waals surface area contributed by atoms with Crippen molar-refractivity contribution in [3.63, 3.8) is 0 Å². The van der Waals surface area contributed by atoms with Gasteiger partial charge < -0.3 is 30.9 Å². The van der Waals surface area contributed by atoms with Crippen molar-refractivity contribution >= 4 is 41.3 Å². The van der Waals surface area contributed by atoms with Gasteiger partial charge in [-0.05, 0) is 61.7 Å². The van der Waals surface area contributed by atoms with Gasteiger partial charge in [-0.3, -0.25) is 28.8 Å². The molecule has 2 aliphatic carbocycles. The first-order chi connectivity index (χ1) is 22.3. The quantitative estimate of drug-likeness (QED) is 0.203. The number of methoxy groups -OCH3 is 1. The fourth-order valence-electron chi connectivity index (χ4n) is 6.87. The Morgan fingerprint density at radius 3 is 2.06 bits per heavy atom. The number of nitrogens with zero attached hydrogens (tertiary/aromatic N) is 1. The van der Waals surface area contributed by atoms with Gasteiger partial charge in [0.05, 0.1) is 19.2 Å². The van der Waals surface area contributed by atoms with E-state index in [4.69, 9.17) is 0 Å². The molecule has 0 aromatic carbocycles. The molecule has 13 nitrogen and oxygen atoms in total. The van der Waals surface area contributed by atoms with Crippen LogP contribution in [0.2, 0.25) is 0 Å². The standard InChI is InChI=1S/C35H57N5O8/c1-10-12-24(27(42)31(45)37-21-15-16-21)38-30(44)26-22-14-11-13-20(22)18-40(26)32(46)28(35(6,7)8)39-29(43)23(34(3,4)5)17-25(41)19(2)36-33(47)48-9/h19-24,26,28H,10-18H2,1-9H3,(H,36,47)(H,37,45)(H,38,44)(H,39,43)/t19-,20+,22+,23-,24+,26+,28-/m1/s1. The molecule has 7 atom stereocenters. The number of carbonyl (C=O) groups excluding carboxylic acids is 7. The van der Waals surface area contributed by atoms with Gasteiger partial charge in [-0.2, -0.15) is 0 Å². The summed E-state index contributed by atoms with van der Waals surface area (Å²) in [5.74, 6) is -3.94. The van der Waals surface area contributed by atoms with E-state index in [0.717, 1.165) is 32.1 Å². The minimum absolute atomic E-state index is 0.00194. The molecule has 3 fully saturated rings. The molecule has 270 valence electrons. The Hall–Kier alpha value is -3.51. The highest BCUT2D eigenvalue weighted by Crippen LogP contribution is 2.43. The number of hydrogen-bond acceptors (Lipinski definition) is 8. The van der Waals surface area contributed by atoms with Crippen LogP contribution in [0.5, 0.6) is 0 Å². The Kier molecular flexibility index (Phi) is 12.8. The third-order valence-electron chi connectivity index (χ3n) is 9.96. The molecule has 3 aliphatic rings. The van der Waals surface area contributed by atoms with E-state index in [1.165, 1.54) is 14.0 Å². The van der Waals surface area contributed by atoms with Crippen molar-refractivity contribution in [1.82, 2.24) is 26.2 Å². The van der Waals surface area contributed by atoms with Crippen LogP contribution in [0, 0.1) is 28.6 Å². The second kappa shape index (κ2) is 15.8. The van der Waals surface area contributed by atoms with Crippen LogP contribution in [0.15, 0.2) is 0 Å². The molecule has 1 heterocycles. The van der Waals surface area contributed by atoms with Gasteiger partial charge >= 0.3 is 6.09 Å². The molecule has 0 radical (unpaired) electrons. The maximum atomic E-state index is 14.5. The molecule has 1 aliphatic heterocycles. The predicted octanol–water partition coefficient (Wildman–Crippen LogP) is 2.64. The van der Waals surface area contributed by atoms with Crippen LogP contribution in [0.4, 0.5) is 4.79 Å². The molecular weight excluding hydrogens is 618 g/mol. The number of alkyl carbamates (subject to hydrolysis) is 1. The maximum Gasteiger partial charge on any atom is 0.407 e. The number of ether oxygens (including phenoxy) is 1. The van der Waals surface area contributed by atoms with Crippen molar-refractivity contribution < 1.29 is 38.3 Å². The molecule has 5 amide bonds. The first-order valence-electron chi connectivity index (χ1n) is 17.4. The lowest BCUT2D eigenvalue weighted by atomic mass is 9.76. The second-order valence-electron chi connectivity index (χ2n) is 16.0. The summed E-state index contributed by atoms with van der Waals surface area (Å²) in [5, 5.41) is 10.9. The van der Waals surface area contributed by atoms with Gasteiger partial charge in [0.25, 0.3) is 5.91 Å². The van der Waals surface area contributed by atoms with Gasteiger partial charge in [-0.25, -0.2) is 4.79 Å². The molecule has 1 saturated heterocycles. The number of nitrogens with one attached hydrogen (secondary N) is 4. The fraction of sp³-hybridized carbons (Fsp3) is 0.800. The molecule has 0 aromatic rings. The maximum absolute atomic E-state index is 14.5. The molecule has 2 saturated carbocycles. The Bertz CT molecular complexity index is 1250. The van der Waals surface area contributed by atoms with Crippen LogP contribution in [-0.2, 0) is 33.5 Å². The van der Waals surface area contributed by atoms with Crippen LogP contribution >= 0.6 is 0 Å². The Morgan fingerprint density at radius 1 is 0.875 bits per heavy atom. The van der Waals surface area contributed by atoms with Gasteiger partial charge in [0.2, 0.25) is 23.5 Å². The summed E-state index contributed by atoms with van der Waals surface area (Å²) in [6.07, 6.45) is 4.12. The SMILES string of the molecule is CCC[C@H](NC(=O)[C@@H]1[C@H]2CCC[C@H]2CN1C(=O)[C@@H](NC(=O)[C@@H](CC(=O)[C@@H](C)NC(=O)OC)C(C)(C)C)C(C)(C)C)C(=O)C(=O)NC1CC1. The summed E-state index contributed by atoms with van der Waals surface area (Å²) in [7, 11) is 1.20. The third kappa shape index (κ3) is 9.78. The van der Waals surface area contributed by atoms with E-state index >= 15 is 0 Å². The number of fused-ring (bicyclic) bond motifs is 1. The summed E-state index contributed by atoms with van der Waals surface area (Å²) < 4.78 is 4.59. The number of Topliss-reactive ketones (excluding diaryl/α,β-unsaturated/α-hetero) is 2. The second-order valence-corrected chi connectivity index (χ2v) is 16.0. The van der Waals surface area contributed by atoms with E-state index in [1.807, 2.05) is 48.5 Å². The van der Waals surface area contributed by atoms with Crippen molar-refractivity contribution in [3.8, 4) is 0 Å². The molecule has 0 bridgehead atoms. The van der Waals surface area contributed by atoms with Gasteiger partial charge in [0.1, 0.15) is 12.1 Å². The van der Waals surface area contributed by atoms with Crippen molar-refractivity contribution in [2.24, 2.45) is 28.6 Å². The summed E-state index contributed by atoms with van der Waals surface area (Å²) in [5.41, 5.74) is -1.44. The molecule has 0 aromatic heterocycles. The largest absolute Gasteiger partial charge is 0.453 e. The zero-order valence-corrected chi connectivity index (χ0v) is 30.2. The topological polar surface area (TPSA) is 180 Å². The third-order valence-corrected chi connectivity index (χ3v) is 9.96. The number of hydrogen-bond donors (Lipinski definition) is 4. The number of likely N-dealkylation sites (tertiary alicyclic amines) is 1. The minimum Gasteiger partial charge on any atom is -0.453 e. The number of carbonyl (C=O) groups is 7. The van der Waals surface area contributed by atoms with Crippen LogP contribution in [0.25, 0.3) is 0 Å². The van der Waals surface area contributed by atoms with Crippen LogP contribution in [0.3, 0.4) is 0 Å². The van der Waals surface area contributed by atoms with Crippen LogP contribution < -0.4 is 21.3 Å². The molecular formula is C35H57N5O8. The number of ketones is 2. The van der Waals surface area contributed by atoms with E-state index in [9.17, 15) is 33.6 Å². The first-order valence-corrected chi connectivity index (χ1v) is 17.4. The average Bonchev–Trinajstić information content (AvgIpc) is 3.56. The summed E-state index contributed by atoms with van der Waals surface area (Å²) in [4.78, 5) is 94.4. The van der Waals surface area contributed by atoms with E-state index in [1.54, 1.807) is 4.90 Å². The highest BCUT2D eigenvalue weighted by atomic mass is 16.5. The number of amides is 5. The normalized spacial score (nSPS) is 23.2. The van der Waals surface area contributed by atoms with Gasteiger partial charge in [-0.1, -0.05) is 61.3 Å². The lowest BCUT2D eigenvalue weighted by molar-refractivity contribution is -0.147. The number of rotatable bonds is 14. The Balaban J connectivity index is 1.84. The fourth-order valence-corrected chi connectivity index (χ4v) is 6.87. The average molecular weight is 676 g/mol. The highest BCUT2D eigenvalue weighted by molar-refractivity contribution is 6.38. The Morgan fingerprint density at radius 2 is 1.52 bits per heavy atom. The first kappa shape index (κ1) is 38.9. The van der Waals surface area contributed by atoms with Crippen molar-refractivity contribution in [2.75, 3.05) is 13.7 Å². The van der Waals surface area contributed by atoms with Gasteiger partial charge in [0.15, 0.2) is 5.78 Å². The van der Waals surface area contributed by atoms with E-state index in [0.29, 0.717) is 19.4 Å². The van der Waals surface area contributed by atoms with Gasteiger partial charge in [-0.15, -0.1) is 0 Å². The summed E-state index contributed by atoms with van der Waals surface area (Å²) >= 11 is 0. The smallest absolute Gasteiger partial charge is 0.407 e. The highest BCUT2D eigenvalue weighted by Gasteiger charge is 2.52. The molecule has 0 unspecified atom stereocenters. The van der Waals surface area contributed by atoms with Crippen molar-refractivity contribution in [3.05, 3.63) is 0 Å². The predicted molar refractivity (Wildman–Crippen MR) is 178 cm³/mol.